The van der Waals surface area contributed by atoms with Gasteiger partial charge in [0.05, 0.1) is 12.6 Å². The predicted molar refractivity (Wildman–Crippen MR) is 63.7 cm³/mol. The third-order valence-electron chi connectivity index (χ3n) is 2.26. The Hall–Kier alpha value is -1.36. The first-order valence-corrected chi connectivity index (χ1v) is 5.28. The van der Waals surface area contributed by atoms with Gasteiger partial charge in [-0.2, -0.15) is 0 Å². The first kappa shape index (κ1) is 14.6. The van der Waals surface area contributed by atoms with Crippen molar-refractivity contribution in [2.75, 3.05) is 20.1 Å². The molecular formula is C11H21N3O2. The molecule has 16 heavy (non-hydrogen) atoms. The first-order chi connectivity index (χ1) is 7.40. The van der Waals surface area contributed by atoms with Gasteiger partial charge in [0.25, 0.3) is 0 Å². The second-order valence-corrected chi connectivity index (χ2v) is 4.05. The van der Waals surface area contributed by atoms with Gasteiger partial charge in [0.1, 0.15) is 0 Å². The summed E-state index contributed by atoms with van der Waals surface area (Å²) in [5.74, 6) is -0.402. The van der Waals surface area contributed by atoms with E-state index in [1.807, 2.05) is 13.8 Å². The van der Waals surface area contributed by atoms with Crippen LogP contribution in [-0.4, -0.2) is 42.9 Å². The van der Waals surface area contributed by atoms with E-state index < -0.39 is 6.04 Å². The van der Waals surface area contributed by atoms with Gasteiger partial charge >= 0.3 is 0 Å². The fourth-order valence-electron chi connectivity index (χ4n) is 1.01. The molecule has 1 atom stereocenters. The van der Waals surface area contributed by atoms with E-state index in [4.69, 9.17) is 5.73 Å². The summed E-state index contributed by atoms with van der Waals surface area (Å²) in [6.45, 7) is 7.68. The van der Waals surface area contributed by atoms with Gasteiger partial charge in [0, 0.05) is 13.6 Å². The summed E-state index contributed by atoms with van der Waals surface area (Å²) >= 11 is 0. The fraction of sp³-hybridized carbons (Fsp3) is 0.636. The number of rotatable bonds is 6. The molecule has 0 aliphatic heterocycles. The largest absolute Gasteiger partial charge is 0.346 e. The van der Waals surface area contributed by atoms with Gasteiger partial charge in [-0.05, 0) is 5.92 Å². The molecule has 0 bridgehead atoms. The second-order valence-electron chi connectivity index (χ2n) is 4.05. The molecule has 0 radical (unpaired) electrons. The van der Waals surface area contributed by atoms with Crippen molar-refractivity contribution in [2.45, 2.75) is 19.9 Å². The molecule has 0 aromatic carbocycles. The van der Waals surface area contributed by atoms with Crippen molar-refractivity contribution in [3.8, 4) is 0 Å². The average molecular weight is 227 g/mol. The van der Waals surface area contributed by atoms with Crippen LogP contribution in [0.4, 0.5) is 0 Å². The lowest BCUT2D eigenvalue weighted by molar-refractivity contribution is -0.132. The summed E-state index contributed by atoms with van der Waals surface area (Å²) < 4.78 is 0. The Balaban J connectivity index is 4.01. The Morgan fingerprint density at radius 1 is 1.50 bits per heavy atom. The van der Waals surface area contributed by atoms with Crippen molar-refractivity contribution in [3.05, 3.63) is 12.7 Å². The smallest absolute Gasteiger partial charge is 0.241 e. The zero-order chi connectivity index (χ0) is 12.7. The molecule has 0 unspecified atom stereocenters. The minimum absolute atomic E-state index is 0.0242. The predicted octanol–water partition coefficient (Wildman–Crippen LogP) is -0.270. The van der Waals surface area contributed by atoms with Crippen LogP contribution >= 0.6 is 0 Å². The van der Waals surface area contributed by atoms with Gasteiger partial charge in [-0.15, -0.1) is 6.58 Å². The summed E-state index contributed by atoms with van der Waals surface area (Å²) in [7, 11) is 1.65. The van der Waals surface area contributed by atoms with Crippen LogP contribution in [0.25, 0.3) is 0 Å². The minimum Gasteiger partial charge on any atom is -0.346 e. The first-order valence-electron chi connectivity index (χ1n) is 5.28. The second kappa shape index (κ2) is 7.00. The van der Waals surface area contributed by atoms with Crippen LogP contribution in [0.3, 0.4) is 0 Å². The van der Waals surface area contributed by atoms with Crippen molar-refractivity contribution in [3.63, 3.8) is 0 Å². The number of amides is 2. The van der Waals surface area contributed by atoms with Crippen LogP contribution in [0, 0.1) is 5.92 Å². The van der Waals surface area contributed by atoms with Crippen LogP contribution in [0.5, 0.6) is 0 Å². The van der Waals surface area contributed by atoms with Crippen LogP contribution in [0.15, 0.2) is 12.7 Å². The maximum atomic E-state index is 11.5. The van der Waals surface area contributed by atoms with Gasteiger partial charge < -0.3 is 16.0 Å². The lowest BCUT2D eigenvalue weighted by Crippen LogP contribution is -2.47. The van der Waals surface area contributed by atoms with Crippen LogP contribution in [0.2, 0.25) is 0 Å². The molecule has 5 heteroatoms. The quantitative estimate of drug-likeness (QED) is 0.613. The number of hydrogen-bond acceptors (Lipinski definition) is 3. The van der Waals surface area contributed by atoms with Crippen molar-refractivity contribution in [1.82, 2.24) is 10.2 Å². The molecule has 0 aromatic rings. The van der Waals surface area contributed by atoms with E-state index in [0.717, 1.165) is 0 Å². The minimum atomic E-state index is -0.572. The molecule has 0 fully saturated rings. The number of carbonyl (C=O) groups excluding carboxylic acids is 2. The Bertz CT molecular complexity index is 264. The maximum Gasteiger partial charge on any atom is 0.241 e. The lowest BCUT2D eigenvalue weighted by Gasteiger charge is -2.18. The Morgan fingerprint density at radius 3 is 2.50 bits per heavy atom. The monoisotopic (exact) mass is 227 g/mol. The number of nitrogens with one attached hydrogen (secondary N) is 1. The highest BCUT2D eigenvalue weighted by molar-refractivity contribution is 5.87. The molecular weight excluding hydrogens is 206 g/mol. The molecule has 0 aliphatic carbocycles. The normalized spacial score (nSPS) is 12.1. The molecule has 3 N–H and O–H groups in total. The highest BCUT2D eigenvalue weighted by atomic mass is 16.2. The highest BCUT2D eigenvalue weighted by Gasteiger charge is 2.18. The van der Waals surface area contributed by atoms with Gasteiger partial charge in [-0.25, -0.2) is 0 Å². The lowest BCUT2D eigenvalue weighted by atomic mass is 10.1. The number of nitrogens with zero attached hydrogens (tertiary/aromatic N) is 1. The highest BCUT2D eigenvalue weighted by Crippen LogP contribution is 1.97. The van der Waals surface area contributed by atoms with E-state index in [1.54, 1.807) is 13.1 Å². The molecule has 0 aromatic heterocycles. The van der Waals surface area contributed by atoms with Gasteiger partial charge in [-0.3, -0.25) is 9.59 Å². The van der Waals surface area contributed by atoms with E-state index in [0.29, 0.717) is 6.54 Å². The Morgan fingerprint density at radius 2 is 2.06 bits per heavy atom. The zero-order valence-electron chi connectivity index (χ0n) is 10.2. The SMILES string of the molecule is C=CCN(C)C(=O)CNC(=O)[C@@H](N)C(C)C. The van der Waals surface area contributed by atoms with Crippen LogP contribution < -0.4 is 11.1 Å². The summed E-state index contributed by atoms with van der Waals surface area (Å²) in [5.41, 5.74) is 5.63. The molecule has 0 saturated heterocycles. The molecule has 5 nitrogen and oxygen atoms in total. The maximum absolute atomic E-state index is 11.5. The summed E-state index contributed by atoms with van der Waals surface area (Å²) in [4.78, 5) is 24.4. The number of likely N-dealkylation sites (N-methyl/N-ethyl adjacent to an activating group) is 1. The molecule has 0 spiro atoms. The topological polar surface area (TPSA) is 75.4 Å². The van der Waals surface area contributed by atoms with E-state index in [9.17, 15) is 9.59 Å². The van der Waals surface area contributed by atoms with Gasteiger partial charge in [0.2, 0.25) is 11.8 Å². The average Bonchev–Trinajstić information content (AvgIpc) is 2.24. The van der Waals surface area contributed by atoms with Gasteiger partial charge in [-0.1, -0.05) is 19.9 Å². The summed E-state index contributed by atoms with van der Waals surface area (Å²) in [6, 6.07) is -0.572. The van der Waals surface area contributed by atoms with E-state index in [1.165, 1.54) is 4.90 Å². The van der Waals surface area contributed by atoms with E-state index >= 15 is 0 Å². The van der Waals surface area contributed by atoms with Crippen LogP contribution in [-0.2, 0) is 9.59 Å². The molecule has 0 saturated carbocycles. The van der Waals surface area contributed by atoms with Crippen LogP contribution in [0.1, 0.15) is 13.8 Å². The molecule has 2 amide bonds. The van der Waals surface area contributed by atoms with Crippen molar-refractivity contribution < 1.29 is 9.59 Å². The molecule has 0 heterocycles. The van der Waals surface area contributed by atoms with Crippen molar-refractivity contribution >= 4 is 11.8 Å². The van der Waals surface area contributed by atoms with Gasteiger partial charge in [0.15, 0.2) is 0 Å². The van der Waals surface area contributed by atoms with Crippen molar-refractivity contribution in [2.24, 2.45) is 11.7 Å². The number of nitrogens with two attached hydrogens (primary N) is 1. The summed E-state index contributed by atoms with van der Waals surface area (Å²) in [5, 5.41) is 2.51. The molecule has 92 valence electrons. The van der Waals surface area contributed by atoms with Crippen molar-refractivity contribution in [1.29, 1.82) is 0 Å². The Labute approximate surface area is 96.7 Å². The third-order valence-corrected chi connectivity index (χ3v) is 2.26. The fourth-order valence-corrected chi connectivity index (χ4v) is 1.01. The molecule has 0 aliphatic rings. The zero-order valence-corrected chi connectivity index (χ0v) is 10.2. The Kier molecular flexibility index (Phi) is 6.41. The van der Waals surface area contributed by atoms with E-state index in [2.05, 4.69) is 11.9 Å². The number of carbonyl (C=O) groups is 2. The van der Waals surface area contributed by atoms with E-state index in [-0.39, 0.29) is 24.3 Å². The third kappa shape index (κ3) is 4.93. The standard InChI is InChI=1S/C11H21N3O2/c1-5-6-14(4)9(15)7-13-11(16)10(12)8(2)3/h5,8,10H,1,6-7,12H2,2-4H3,(H,13,16)/t10-/m0/s1. The number of hydrogen-bond donors (Lipinski definition) is 2. The summed E-state index contributed by atoms with van der Waals surface area (Å²) in [6.07, 6.45) is 1.62. The molecule has 0 rings (SSSR count).